The fraction of sp³-hybridized carbons (Fsp3) is 0.333. The molecule has 1 aromatic heterocycles. The first-order valence-electron chi connectivity index (χ1n) is 5.40. The van der Waals surface area contributed by atoms with E-state index in [-0.39, 0.29) is 5.91 Å². The second-order valence-electron chi connectivity index (χ2n) is 3.53. The highest BCUT2D eigenvalue weighted by atomic mass is 32.1. The second-order valence-corrected chi connectivity index (χ2v) is 4.64. The molecule has 1 aromatic carbocycles. The third kappa shape index (κ3) is 2.58. The summed E-state index contributed by atoms with van der Waals surface area (Å²) in [5, 5.41) is 3.93. The number of carbonyl (C=O) groups is 1. The van der Waals surface area contributed by atoms with Gasteiger partial charge in [-0.05, 0) is 12.1 Å². The SMILES string of the molecule is CCC(=O)NCCc1nc2ccccc2s1. The quantitative estimate of drug-likeness (QED) is 0.882. The number of amides is 1. The van der Waals surface area contributed by atoms with Crippen LogP contribution in [0, 0.1) is 0 Å². The molecule has 3 nitrogen and oxygen atoms in total. The van der Waals surface area contributed by atoms with Crippen LogP contribution < -0.4 is 5.32 Å². The summed E-state index contributed by atoms with van der Waals surface area (Å²) in [6, 6.07) is 8.09. The van der Waals surface area contributed by atoms with E-state index in [2.05, 4.69) is 16.4 Å². The fourth-order valence-corrected chi connectivity index (χ4v) is 2.43. The summed E-state index contributed by atoms with van der Waals surface area (Å²) in [6.07, 6.45) is 1.35. The summed E-state index contributed by atoms with van der Waals surface area (Å²) in [6.45, 7) is 2.53. The molecule has 0 atom stereocenters. The molecule has 0 spiro atoms. The molecule has 0 aliphatic rings. The molecule has 0 bridgehead atoms. The van der Waals surface area contributed by atoms with Crippen LogP contribution in [-0.2, 0) is 11.2 Å². The van der Waals surface area contributed by atoms with Crippen molar-refractivity contribution in [3.63, 3.8) is 0 Å². The van der Waals surface area contributed by atoms with Crippen LogP contribution in [-0.4, -0.2) is 17.4 Å². The molecule has 0 saturated heterocycles. The molecule has 0 fully saturated rings. The van der Waals surface area contributed by atoms with Crippen molar-refractivity contribution in [1.29, 1.82) is 0 Å². The van der Waals surface area contributed by atoms with E-state index in [1.54, 1.807) is 11.3 Å². The molecule has 4 heteroatoms. The largest absolute Gasteiger partial charge is 0.356 e. The van der Waals surface area contributed by atoms with Crippen molar-refractivity contribution in [2.45, 2.75) is 19.8 Å². The van der Waals surface area contributed by atoms with Gasteiger partial charge in [0.25, 0.3) is 0 Å². The average molecular weight is 234 g/mol. The lowest BCUT2D eigenvalue weighted by molar-refractivity contribution is -0.120. The number of para-hydroxylation sites is 1. The van der Waals surface area contributed by atoms with Crippen molar-refractivity contribution < 1.29 is 4.79 Å². The van der Waals surface area contributed by atoms with Gasteiger partial charge in [0, 0.05) is 19.4 Å². The number of hydrogen-bond donors (Lipinski definition) is 1. The number of thiazole rings is 1. The van der Waals surface area contributed by atoms with Crippen molar-refractivity contribution in [2.75, 3.05) is 6.54 Å². The zero-order valence-corrected chi connectivity index (χ0v) is 10.0. The molecule has 1 amide bonds. The van der Waals surface area contributed by atoms with E-state index < -0.39 is 0 Å². The summed E-state index contributed by atoms with van der Waals surface area (Å²) in [7, 11) is 0. The number of nitrogens with one attached hydrogen (secondary N) is 1. The minimum Gasteiger partial charge on any atom is -0.356 e. The number of nitrogens with zero attached hydrogens (tertiary/aromatic N) is 1. The Morgan fingerprint density at radius 2 is 2.25 bits per heavy atom. The van der Waals surface area contributed by atoms with Gasteiger partial charge in [-0.15, -0.1) is 11.3 Å². The molecule has 1 N–H and O–H groups in total. The van der Waals surface area contributed by atoms with Gasteiger partial charge in [0.15, 0.2) is 0 Å². The molecule has 84 valence electrons. The zero-order chi connectivity index (χ0) is 11.4. The third-order valence-corrected chi connectivity index (χ3v) is 3.42. The van der Waals surface area contributed by atoms with Crippen LogP contribution in [0.3, 0.4) is 0 Å². The van der Waals surface area contributed by atoms with Crippen LogP contribution >= 0.6 is 11.3 Å². The Hall–Kier alpha value is -1.42. The Morgan fingerprint density at radius 3 is 3.00 bits per heavy atom. The maximum absolute atomic E-state index is 11.0. The van der Waals surface area contributed by atoms with Gasteiger partial charge in [-0.3, -0.25) is 4.79 Å². The summed E-state index contributed by atoms with van der Waals surface area (Å²) in [5.74, 6) is 0.0983. The van der Waals surface area contributed by atoms with Crippen molar-refractivity contribution in [2.24, 2.45) is 0 Å². The lowest BCUT2D eigenvalue weighted by atomic mass is 10.3. The molecular formula is C12H14N2OS. The van der Waals surface area contributed by atoms with Gasteiger partial charge < -0.3 is 5.32 Å². The Kier molecular flexibility index (Phi) is 3.51. The normalized spacial score (nSPS) is 10.6. The highest BCUT2D eigenvalue weighted by Gasteiger charge is 2.03. The molecule has 1 heterocycles. The third-order valence-electron chi connectivity index (χ3n) is 2.32. The molecule has 2 aromatic rings. The molecule has 16 heavy (non-hydrogen) atoms. The molecule has 0 unspecified atom stereocenters. The van der Waals surface area contributed by atoms with Crippen molar-refractivity contribution >= 4 is 27.5 Å². The van der Waals surface area contributed by atoms with Crippen LogP contribution in [0.2, 0.25) is 0 Å². The highest BCUT2D eigenvalue weighted by molar-refractivity contribution is 7.18. The number of aromatic nitrogens is 1. The predicted molar refractivity (Wildman–Crippen MR) is 66.6 cm³/mol. The number of carbonyl (C=O) groups excluding carboxylic acids is 1. The first-order valence-corrected chi connectivity index (χ1v) is 6.22. The van der Waals surface area contributed by atoms with Crippen LogP contribution in [0.4, 0.5) is 0 Å². The molecule has 0 aliphatic carbocycles. The monoisotopic (exact) mass is 234 g/mol. The standard InChI is InChI=1S/C12H14N2OS/c1-2-11(15)13-8-7-12-14-9-5-3-4-6-10(9)16-12/h3-6H,2,7-8H2,1H3,(H,13,15). The summed E-state index contributed by atoms with van der Waals surface area (Å²) >= 11 is 1.69. The number of fused-ring (bicyclic) bond motifs is 1. The highest BCUT2D eigenvalue weighted by Crippen LogP contribution is 2.21. The number of rotatable bonds is 4. The first kappa shape index (κ1) is 11.1. The topological polar surface area (TPSA) is 42.0 Å². The average Bonchev–Trinajstić information content (AvgIpc) is 2.71. The van der Waals surface area contributed by atoms with Crippen LogP contribution in [0.15, 0.2) is 24.3 Å². The van der Waals surface area contributed by atoms with E-state index in [1.807, 2.05) is 25.1 Å². The molecule has 0 aliphatic heterocycles. The fourth-order valence-electron chi connectivity index (χ4n) is 1.46. The van der Waals surface area contributed by atoms with E-state index in [0.29, 0.717) is 13.0 Å². The Bertz CT molecular complexity index is 459. The van der Waals surface area contributed by atoms with E-state index in [0.717, 1.165) is 16.9 Å². The van der Waals surface area contributed by atoms with Gasteiger partial charge in [0.2, 0.25) is 5.91 Å². The summed E-state index contributed by atoms with van der Waals surface area (Å²) in [4.78, 5) is 15.5. The maximum Gasteiger partial charge on any atom is 0.219 e. The van der Waals surface area contributed by atoms with Crippen LogP contribution in [0.5, 0.6) is 0 Å². The van der Waals surface area contributed by atoms with E-state index >= 15 is 0 Å². The smallest absolute Gasteiger partial charge is 0.219 e. The predicted octanol–water partition coefficient (Wildman–Crippen LogP) is 2.37. The Morgan fingerprint density at radius 1 is 1.44 bits per heavy atom. The molecule has 0 saturated carbocycles. The van der Waals surface area contributed by atoms with Crippen molar-refractivity contribution in [3.8, 4) is 0 Å². The summed E-state index contributed by atoms with van der Waals surface area (Å²) in [5.41, 5.74) is 1.05. The van der Waals surface area contributed by atoms with Crippen LogP contribution in [0.1, 0.15) is 18.4 Å². The second kappa shape index (κ2) is 5.07. The maximum atomic E-state index is 11.0. The van der Waals surface area contributed by atoms with Crippen LogP contribution in [0.25, 0.3) is 10.2 Å². The molecule has 2 rings (SSSR count). The lowest BCUT2D eigenvalue weighted by Gasteiger charge is -1.99. The number of hydrogen-bond acceptors (Lipinski definition) is 3. The molecule has 0 radical (unpaired) electrons. The van der Waals surface area contributed by atoms with Gasteiger partial charge in [0.1, 0.15) is 0 Å². The summed E-state index contributed by atoms with van der Waals surface area (Å²) < 4.78 is 1.21. The number of benzene rings is 1. The molecular weight excluding hydrogens is 220 g/mol. The minimum atomic E-state index is 0.0983. The first-order chi connectivity index (χ1) is 7.79. The van der Waals surface area contributed by atoms with Gasteiger partial charge in [-0.25, -0.2) is 4.98 Å². The van der Waals surface area contributed by atoms with Gasteiger partial charge in [-0.1, -0.05) is 19.1 Å². The lowest BCUT2D eigenvalue weighted by Crippen LogP contribution is -2.24. The van der Waals surface area contributed by atoms with E-state index in [1.165, 1.54) is 4.70 Å². The van der Waals surface area contributed by atoms with E-state index in [4.69, 9.17) is 0 Å². The Balaban J connectivity index is 1.97. The van der Waals surface area contributed by atoms with Crippen molar-refractivity contribution in [1.82, 2.24) is 10.3 Å². The van der Waals surface area contributed by atoms with Gasteiger partial charge in [0.05, 0.1) is 15.2 Å². The minimum absolute atomic E-state index is 0.0983. The zero-order valence-electron chi connectivity index (χ0n) is 9.19. The van der Waals surface area contributed by atoms with Gasteiger partial charge in [-0.2, -0.15) is 0 Å². The van der Waals surface area contributed by atoms with E-state index in [9.17, 15) is 4.79 Å². The Labute approximate surface area is 98.5 Å². The van der Waals surface area contributed by atoms with Crippen molar-refractivity contribution in [3.05, 3.63) is 29.3 Å². The van der Waals surface area contributed by atoms with Gasteiger partial charge >= 0.3 is 0 Å².